The van der Waals surface area contributed by atoms with Gasteiger partial charge in [0, 0.05) is 11.1 Å². The first-order valence-electron chi connectivity index (χ1n) is 8.03. The van der Waals surface area contributed by atoms with Crippen molar-refractivity contribution in [3.8, 4) is 11.5 Å². The van der Waals surface area contributed by atoms with Crippen molar-refractivity contribution in [1.82, 2.24) is 4.73 Å². The molecule has 0 bridgehead atoms. The zero-order chi connectivity index (χ0) is 18.5. The van der Waals surface area contributed by atoms with Crippen LogP contribution in [0, 0.1) is 6.92 Å². The van der Waals surface area contributed by atoms with Crippen molar-refractivity contribution in [2.75, 3.05) is 0 Å². The summed E-state index contributed by atoms with van der Waals surface area (Å²) in [5.74, 6) is 1.32. The maximum absolute atomic E-state index is 11.6. The van der Waals surface area contributed by atoms with Gasteiger partial charge >= 0.3 is 0 Å². The normalized spacial score (nSPS) is 10.5. The van der Waals surface area contributed by atoms with E-state index < -0.39 is 5.56 Å². The van der Waals surface area contributed by atoms with Crippen LogP contribution >= 0.6 is 11.6 Å². The van der Waals surface area contributed by atoms with Crippen LogP contribution in [0.4, 0.5) is 0 Å². The van der Waals surface area contributed by atoms with Crippen LogP contribution < -0.4 is 15.0 Å². The predicted octanol–water partition coefficient (Wildman–Crippen LogP) is 4.21. The second-order valence-electron chi connectivity index (χ2n) is 5.85. The molecule has 0 fully saturated rings. The van der Waals surface area contributed by atoms with Crippen molar-refractivity contribution in [3.05, 3.63) is 92.9 Å². The maximum Gasteiger partial charge on any atom is 0.283 e. The Hall–Kier alpha value is -2.92. The quantitative estimate of drug-likeness (QED) is 0.659. The smallest absolute Gasteiger partial charge is 0.283 e. The van der Waals surface area contributed by atoms with Crippen LogP contribution in [0.1, 0.15) is 16.8 Å². The highest BCUT2D eigenvalue weighted by Crippen LogP contribution is 2.20. The molecule has 2 aromatic carbocycles. The Kier molecular flexibility index (Phi) is 5.49. The number of pyridine rings is 1. The lowest BCUT2D eigenvalue weighted by Crippen LogP contribution is -2.21. The number of benzene rings is 2. The Morgan fingerprint density at radius 1 is 0.923 bits per heavy atom. The highest BCUT2D eigenvalue weighted by molar-refractivity contribution is 6.30. The molecule has 5 nitrogen and oxygen atoms in total. The molecule has 134 valence electrons. The Bertz CT molecular complexity index is 934. The fourth-order valence-electron chi connectivity index (χ4n) is 2.40. The average Bonchev–Trinajstić information content (AvgIpc) is 2.64. The van der Waals surface area contributed by atoms with Crippen LogP contribution in [-0.2, 0) is 13.2 Å². The first-order valence-corrected chi connectivity index (χ1v) is 8.41. The fourth-order valence-corrected chi connectivity index (χ4v) is 2.53. The van der Waals surface area contributed by atoms with Gasteiger partial charge in [0.25, 0.3) is 5.56 Å². The van der Waals surface area contributed by atoms with Crippen molar-refractivity contribution < 1.29 is 14.7 Å². The van der Waals surface area contributed by atoms with Crippen molar-refractivity contribution in [2.45, 2.75) is 20.1 Å². The van der Waals surface area contributed by atoms with Gasteiger partial charge in [-0.25, -0.2) is 0 Å². The molecular formula is C20H18ClNO4. The van der Waals surface area contributed by atoms with Gasteiger partial charge in [-0.05, 0) is 60.5 Å². The second kappa shape index (κ2) is 7.97. The lowest BCUT2D eigenvalue weighted by Gasteiger charge is -2.11. The van der Waals surface area contributed by atoms with E-state index in [2.05, 4.69) is 0 Å². The third kappa shape index (κ3) is 4.58. The Morgan fingerprint density at radius 2 is 1.50 bits per heavy atom. The summed E-state index contributed by atoms with van der Waals surface area (Å²) in [7, 11) is 0. The van der Waals surface area contributed by atoms with Crippen LogP contribution in [0.2, 0.25) is 5.02 Å². The SMILES string of the molecule is Cc1cc(COc2ccc(OCc3ccc(Cl)cc3)cc2)n(O)c(=O)c1. The average molecular weight is 372 g/mol. The van der Waals surface area contributed by atoms with Crippen LogP contribution in [0.15, 0.2) is 65.5 Å². The number of nitrogens with zero attached hydrogens (tertiary/aromatic N) is 1. The maximum atomic E-state index is 11.6. The molecule has 3 aromatic rings. The largest absolute Gasteiger partial charge is 0.489 e. The van der Waals surface area contributed by atoms with Crippen LogP contribution in [0.5, 0.6) is 11.5 Å². The number of aromatic nitrogens is 1. The molecule has 0 aliphatic carbocycles. The van der Waals surface area contributed by atoms with E-state index in [9.17, 15) is 10.0 Å². The summed E-state index contributed by atoms with van der Waals surface area (Å²) >= 11 is 5.86. The van der Waals surface area contributed by atoms with E-state index in [4.69, 9.17) is 21.1 Å². The van der Waals surface area contributed by atoms with Crippen molar-refractivity contribution in [1.29, 1.82) is 0 Å². The van der Waals surface area contributed by atoms with Gasteiger partial charge in [-0.3, -0.25) is 4.79 Å². The number of aryl methyl sites for hydroxylation is 1. The van der Waals surface area contributed by atoms with E-state index in [1.165, 1.54) is 6.07 Å². The number of rotatable bonds is 6. The second-order valence-corrected chi connectivity index (χ2v) is 6.29. The molecule has 0 radical (unpaired) electrons. The molecule has 0 amide bonds. The lowest BCUT2D eigenvalue weighted by molar-refractivity contribution is 0.147. The number of hydrogen-bond acceptors (Lipinski definition) is 4. The van der Waals surface area contributed by atoms with E-state index in [0.717, 1.165) is 11.1 Å². The molecule has 0 atom stereocenters. The van der Waals surface area contributed by atoms with Crippen LogP contribution in [0.25, 0.3) is 0 Å². The van der Waals surface area contributed by atoms with Crippen molar-refractivity contribution >= 4 is 11.6 Å². The first-order chi connectivity index (χ1) is 12.5. The highest BCUT2D eigenvalue weighted by Gasteiger charge is 2.05. The van der Waals surface area contributed by atoms with E-state index in [-0.39, 0.29) is 6.61 Å². The van der Waals surface area contributed by atoms with Gasteiger partial charge in [-0.2, -0.15) is 0 Å². The molecule has 0 aliphatic rings. The lowest BCUT2D eigenvalue weighted by atomic mass is 10.2. The van der Waals surface area contributed by atoms with Gasteiger partial charge in [0.05, 0.1) is 5.69 Å². The molecule has 1 aromatic heterocycles. The molecule has 3 rings (SSSR count). The van der Waals surface area contributed by atoms with E-state index in [1.54, 1.807) is 37.3 Å². The standard InChI is InChI=1S/C20H18ClNO4/c1-14-10-17(22(24)20(23)11-14)13-26-19-8-6-18(7-9-19)25-12-15-2-4-16(21)5-3-15/h2-11,24H,12-13H2,1H3. The molecule has 1 heterocycles. The molecule has 26 heavy (non-hydrogen) atoms. The molecule has 0 unspecified atom stereocenters. The summed E-state index contributed by atoms with van der Waals surface area (Å²) in [6.07, 6.45) is 0. The molecule has 0 aliphatic heterocycles. The predicted molar refractivity (Wildman–Crippen MR) is 99.2 cm³/mol. The molecular weight excluding hydrogens is 354 g/mol. The van der Waals surface area contributed by atoms with Crippen molar-refractivity contribution in [2.24, 2.45) is 0 Å². The molecule has 6 heteroatoms. The van der Waals surface area contributed by atoms with E-state index >= 15 is 0 Å². The van der Waals surface area contributed by atoms with Gasteiger partial charge in [-0.1, -0.05) is 23.7 Å². The van der Waals surface area contributed by atoms with Gasteiger partial charge in [0.2, 0.25) is 0 Å². The minimum absolute atomic E-state index is 0.0817. The minimum atomic E-state index is -0.477. The monoisotopic (exact) mass is 371 g/mol. The third-order valence-electron chi connectivity index (χ3n) is 3.76. The molecule has 0 saturated carbocycles. The summed E-state index contributed by atoms with van der Waals surface area (Å²) in [5, 5.41) is 10.4. The number of halogens is 1. The minimum Gasteiger partial charge on any atom is -0.489 e. The number of hydrogen-bond donors (Lipinski definition) is 1. The zero-order valence-electron chi connectivity index (χ0n) is 14.2. The summed E-state index contributed by atoms with van der Waals surface area (Å²) in [6.45, 7) is 2.31. The molecule has 0 saturated heterocycles. The van der Waals surface area contributed by atoms with Crippen molar-refractivity contribution in [3.63, 3.8) is 0 Å². The Labute approximate surface area is 156 Å². The Balaban J connectivity index is 1.58. The van der Waals surface area contributed by atoms with E-state index in [1.807, 2.05) is 24.3 Å². The Morgan fingerprint density at radius 3 is 2.12 bits per heavy atom. The zero-order valence-corrected chi connectivity index (χ0v) is 14.9. The van der Waals surface area contributed by atoms with Gasteiger partial charge < -0.3 is 14.7 Å². The fraction of sp³-hybridized carbons (Fsp3) is 0.150. The highest BCUT2D eigenvalue weighted by atomic mass is 35.5. The number of ether oxygens (including phenoxy) is 2. The summed E-state index contributed by atoms with van der Waals surface area (Å²) < 4.78 is 11.9. The van der Waals surface area contributed by atoms with Gasteiger partial charge in [-0.15, -0.1) is 4.73 Å². The molecule has 1 N–H and O–H groups in total. The van der Waals surface area contributed by atoms with E-state index in [0.29, 0.717) is 33.6 Å². The molecule has 0 spiro atoms. The van der Waals surface area contributed by atoms with Crippen LogP contribution in [0.3, 0.4) is 0 Å². The summed E-state index contributed by atoms with van der Waals surface area (Å²) in [4.78, 5) is 11.6. The van der Waals surface area contributed by atoms with Gasteiger partial charge in [0.1, 0.15) is 24.7 Å². The summed E-state index contributed by atoms with van der Waals surface area (Å²) in [6, 6.07) is 17.7. The third-order valence-corrected chi connectivity index (χ3v) is 4.01. The van der Waals surface area contributed by atoms with Crippen LogP contribution in [-0.4, -0.2) is 9.94 Å². The first kappa shape index (κ1) is 17.9. The topological polar surface area (TPSA) is 60.7 Å². The summed E-state index contributed by atoms with van der Waals surface area (Å²) in [5.41, 5.74) is 1.70. The van der Waals surface area contributed by atoms with Gasteiger partial charge in [0.15, 0.2) is 0 Å².